The number of hydrogen-bond acceptors (Lipinski definition) is 2. The average molecular weight is 779 g/mol. The van der Waals surface area contributed by atoms with E-state index in [1.54, 1.807) is 24.3 Å². The van der Waals surface area contributed by atoms with Crippen molar-refractivity contribution in [3.8, 4) is 22.3 Å². The van der Waals surface area contributed by atoms with Gasteiger partial charge in [-0.25, -0.2) is 8.78 Å². The average Bonchev–Trinajstić information content (AvgIpc) is 3.31. The zero-order valence-electron chi connectivity index (χ0n) is 32.4. The Morgan fingerprint density at radius 3 is 1.08 bits per heavy atom. The summed E-state index contributed by atoms with van der Waals surface area (Å²) < 4.78 is 32.4. The zero-order chi connectivity index (χ0) is 40.8. The third-order valence-corrected chi connectivity index (χ3v) is 12.3. The molecule has 9 aromatic carbocycles. The van der Waals surface area contributed by atoms with Gasteiger partial charge < -0.3 is 0 Å². The minimum Gasteiger partial charge on any atom is -0.298 e. The number of rotatable bonds is 8. The molecule has 1 aliphatic carbocycles. The SMILES string of the molecule is O=Cc1ccc(C2(c3cccc(F)c3)c3ccccc3C(c3ccc(C=O)cc3)(c3cccc(F)c3)c3c2c(-c2ccccc2)c2ccccc2c3-c2ccccc2)cc1. The van der Waals surface area contributed by atoms with Crippen LogP contribution in [0.3, 0.4) is 0 Å². The number of carbonyl (C=O) groups excluding carboxylic acids is 2. The predicted molar refractivity (Wildman–Crippen MR) is 236 cm³/mol. The fourth-order valence-electron chi connectivity index (χ4n) is 10.0. The van der Waals surface area contributed by atoms with Crippen LogP contribution >= 0.6 is 0 Å². The zero-order valence-corrected chi connectivity index (χ0v) is 32.4. The van der Waals surface area contributed by atoms with E-state index in [1.807, 2.05) is 121 Å². The van der Waals surface area contributed by atoms with Crippen LogP contribution in [-0.2, 0) is 10.8 Å². The second kappa shape index (κ2) is 14.7. The van der Waals surface area contributed by atoms with Crippen LogP contribution in [0.4, 0.5) is 8.78 Å². The van der Waals surface area contributed by atoms with Gasteiger partial charge in [0.1, 0.15) is 24.2 Å². The van der Waals surface area contributed by atoms with Gasteiger partial charge in [0.25, 0.3) is 0 Å². The molecule has 10 rings (SSSR count). The molecule has 0 radical (unpaired) electrons. The fourth-order valence-corrected chi connectivity index (χ4v) is 10.0. The molecule has 0 bridgehead atoms. The van der Waals surface area contributed by atoms with Gasteiger partial charge in [0.05, 0.1) is 10.8 Å². The summed E-state index contributed by atoms with van der Waals surface area (Å²) in [5.41, 5.74) is 8.82. The molecule has 0 aliphatic heterocycles. The van der Waals surface area contributed by atoms with Gasteiger partial charge in [0, 0.05) is 11.1 Å². The fraction of sp³-hybridized carbons (Fsp3) is 0.0357. The van der Waals surface area contributed by atoms with Crippen molar-refractivity contribution < 1.29 is 18.4 Å². The summed E-state index contributed by atoms with van der Waals surface area (Å²) in [5.74, 6) is -0.792. The van der Waals surface area contributed by atoms with E-state index in [4.69, 9.17) is 0 Å². The highest BCUT2D eigenvalue weighted by molar-refractivity contribution is 6.11. The van der Waals surface area contributed by atoms with Crippen LogP contribution in [0.5, 0.6) is 0 Å². The van der Waals surface area contributed by atoms with Crippen LogP contribution < -0.4 is 0 Å². The Morgan fingerprint density at radius 2 is 0.717 bits per heavy atom. The van der Waals surface area contributed by atoms with Gasteiger partial charge in [-0.3, -0.25) is 9.59 Å². The molecular weight excluding hydrogens is 743 g/mol. The van der Waals surface area contributed by atoms with E-state index in [0.29, 0.717) is 22.3 Å². The van der Waals surface area contributed by atoms with Gasteiger partial charge in [-0.1, -0.05) is 182 Å². The summed E-state index contributed by atoms with van der Waals surface area (Å²) in [5, 5.41) is 1.96. The van der Waals surface area contributed by atoms with Gasteiger partial charge >= 0.3 is 0 Å². The van der Waals surface area contributed by atoms with Crippen molar-refractivity contribution in [3.63, 3.8) is 0 Å². The molecule has 4 heteroatoms. The van der Waals surface area contributed by atoms with Crippen molar-refractivity contribution >= 4 is 23.3 Å². The Balaban J connectivity index is 1.60. The van der Waals surface area contributed by atoms with E-state index < -0.39 is 22.5 Å². The molecule has 0 saturated carbocycles. The van der Waals surface area contributed by atoms with E-state index in [2.05, 4.69) is 48.5 Å². The van der Waals surface area contributed by atoms with Crippen molar-refractivity contribution in [2.75, 3.05) is 0 Å². The number of aldehydes is 2. The second-order valence-corrected chi connectivity index (χ2v) is 15.3. The molecule has 2 nitrogen and oxygen atoms in total. The first-order valence-corrected chi connectivity index (χ1v) is 19.9. The maximum Gasteiger partial charge on any atom is 0.150 e. The maximum absolute atomic E-state index is 16.2. The van der Waals surface area contributed by atoms with Crippen LogP contribution in [0.15, 0.2) is 206 Å². The van der Waals surface area contributed by atoms with Crippen molar-refractivity contribution in [1.82, 2.24) is 0 Å². The largest absolute Gasteiger partial charge is 0.298 e. The van der Waals surface area contributed by atoms with E-state index in [9.17, 15) is 9.59 Å². The lowest BCUT2D eigenvalue weighted by Gasteiger charge is -2.53. The molecule has 0 heterocycles. The molecule has 60 heavy (non-hydrogen) atoms. The third kappa shape index (κ3) is 5.45. The normalized spacial score (nSPS) is 16.8. The molecule has 2 atom stereocenters. The quantitative estimate of drug-likeness (QED) is 0.144. The van der Waals surface area contributed by atoms with Crippen LogP contribution in [-0.4, -0.2) is 12.6 Å². The molecule has 0 amide bonds. The van der Waals surface area contributed by atoms with Crippen LogP contribution in [0, 0.1) is 11.6 Å². The molecule has 2 unspecified atom stereocenters. The molecule has 0 aromatic heterocycles. The maximum atomic E-state index is 16.2. The van der Waals surface area contributed by atoms with Crippen LogP contribution in [0.2, 0.25) is 0 Å². The lowest BCUT2D eigenvalue weighted by atomic mass is 9.48. The molecule has 0 fully saturated rings. The first-order valence-electron chi connectivity index (χ1n) is 19.9. The van der Waals surface area contributed by atoms with Crippen LogP contribution in [0.25, 0.3) is 33.0 Å². The Hall–Kier alpha value is -7.56. The first-order chi connectivity index (χ1) is 29.5. The van der Waals surface area contributed by atoms with Gasteiger partial charge in [-0.2, -0.15) is 0 Å². The van der Waals surface area contributed by atoms with E-state index >= 15 is 8.78 Å². The Labute approximate surface area is 347 Å². The van der Waals surface area contributed by atoms with Gasteiger partial charge in [0.15, 0.2) is 0 Å². The van der Waals surface area contributed by atoms with Crippen molar-refractivity contribution in [2.45, 2.75) is 10.8 Å². The Morgan fingerprint density at radius 1 is 0.350 bits per heavy atom. The van der Waals surface area contributed by atoms with E-state index in [1.165, 1.54) is 12.1 Å². The van der Waals surface area contributed by atoms with Crippen molar-refractivity contribution in [1.29, 1.82) is 0 Å². The summed E-state index contributed by atoms with van der Waals surface area (Å²) in [6, 6.07) is 66.0. The molecule has 0 saturated heterocycles. The third-order valence-electron chi connectivity index (χ3n) is 12.3. The van der Waals surface area contributed by atoms with Gasteiger partial charge in [-0.15, -0.1) is 0 Å². The second-order valence-electron chi connectivity index (χ2n) is 15.3. The molecular formula is C56H36F2O2. The molecule has 0 spiro atoms. The number of hydrogen-bond donors (Lipinski definition) is 0. The number of carbonyl (C=O) groups is 2. The summed E-state index contributed by atoms with van der Waals surface area (Å²) in [7, 11) is 0. The van der Waals surface area contributed by atoms with Crippen molar-refractivity contribution in [3.05, 3.63) is 274 Å². The minimum atomic E-state index is -1.23. The summed E-state index contributed by atoms with van der Waals surface area (Å²) in [6.07, 6.45) is 1.66. The standard InChI is InChI=1S/C56H36F2O2/c57-45-19-11-17-43(33-45)55(41-29-25-37(35-59)26-30-41)49-23-9-10-24-50(49)56(44-18-12-20-46(58)34-44,42-31-27-38(36-60)28-32-42)54-52(40-15-5-2-6-16-40)48-22-8-7-21-47(48)51(53(54)55)39-13-3-1-4-14-39/h1-36H. The Kier molecular flexibility index (Phi) is 8.99. The Bertz CT molecular complexity index is 2880. The highest BCUT2D eigenvalue weighted by atomic mass is 19.1. The minimum absolute atomic E-state index is 0.396. The topological polar surface area (TPSA) is 34.1 Å². The monoisotopic (exact) mass is 778 g/mol. The first kappa shape index (κ1) is 36.8. The highest BCUT2D eigenvalue weighted by Crippen LogP contribution is 2.65. The van der Waals surface area contributed by atoms with Crippen molar-refractivity contribution in [2.24, 2.45) is 0 Å². The summed E-state index contributed by atoms with van der Waals surface area (Å²) >= 11 is 0. The number of benzene rings is 9. The molecule has 1 aliphatic rings. The lowest BCUT2D eigenvalue weighted by molar-refractivity contribution is 0.111. The van der Waals surface area contributed by atoms with E-state index in [-0.39, 0.29) is 0 Å². The number of fused-ring (bicyclic) bond motifs is 3. The smallest absolute Gasteiger partial charge is 0.150 e. The summed E-state index contributed by atoms with van der Waals surface area (Å²) in [6.45, 7) is 0. The molecule has 9 aromatic rings. The molecule has 0 N–H and O–H groups in total. The molecule has 286 valence electrons. The number of halogens is 2. The predicted octanol–water partition coefficient (Wildman–Crippen LogP) is 13.2. The summed E-state index contributed by atoms with van der Waals surface area (Å²) in [4.78, 5) is 24.5. The highest BCUT2D eigenvalue weighted by Gasteiger charge is 2.56. The van der Waals surface area contributed by atoms with E-state index in [0.717, 1.165) is 79.0 Å². The van der Waals surface area contributed by atoms with Gasteiger partial charge in [-0.05, 0) is 102 Å². The lowest BCUT2D eigenvalue weighted by Crippen LogP contribution is -2.46. The van der Waals surface area contributed by atoms with Crippen LogP contribution in [0.1, 0.15) is 65.2 Å². The van der Waals surface area contributed by atoms with Gasteiger partial charge in [0.2, 0.25) is 0 Å².